The van der Waals surface area contributed by atoms with Crippen molar-refractivity contribution < 1.29 is 4.42 Å². The molecule has 5 nitrogen and oxygen atoms in total. The summed E-state index contributed by atoms with van der Waals surface area (Å²) in [6.07, 6.45) is 0. The Morgan fingerprint density at radius 1 is 0.337 bits per heavy atom. The first-order valence-electron chi connectivity index (χ1n) is 30.9. The van der Waals surface area contributed by atoms with Gasteiger partial charge in [0.25, 0.3) is 6.71 Å². The predicted molar refractivity (Wildman–Crippen MR) is 370 cm³/mol. The number of hydrogen-bond acceptors (Lipinski definition) is 4. The smallest absolute Gasteiger partial charge is 0.252 e. The quantitative estimate of drug-likeness (QED) is 0.155. The molecule has 2 aromatic heterocycles. The maximum Gasteiger partial charge on any atom is 0.252 e. The van der Waals surface area contributed by atoms with Crippen molar-refractivity contribution in [1.82, 2.24) is 4.57 Å². The number of benzene rings is 10. The van der Waals surface area contributed by atoms with Crippen LogP contribution in [-0.4, -0.2) is 11.3 Å². The van der Waals surface area contributed by atoms with E-state index in [1.165, 1.54) is 55.0 Å². The lowest BCUT2D eigenvalue weighted by atomic mass is 9.33. The molecule has 6 heteroatoms. The summed E-state index contributed by atoms with van der Waals surface area (Å²) in [5, 5.41) is 4.65. The average molecular weight is 1120 g/mol. The average Bonchev–Trinajstić information content (AvgIpc) is 1.13. The Labute approximate surface area is 509 Å². The van der Waals surface area contributed by atoms with Crippen LogP contribution in [0.2, 0.25) is 0 Å². The Hall–Kier alpha value is -8.74. The highest BCUT2D eigenvalue weighted by atomic mass is 16.3. The fourth-order valence-electron chi connectivity index (χ4n) is 13.7. The molecule has 14 rings (SSSR count). The number of nitrogens with zero attached hydrogens (tertiary/aromatic N) is 4. The topological polar surface area (TPSA) is 27.8 Å². The van der Waals surface area contributed by atoms with E-state index >= 15 is 0 Å². The molecule has 0 saturated heterocycles. The van der Waals surface area contributed by atoms with Gasteiger partial charge in [-0.25, -0.2) is 0 Å². The number of anilines is 9. The van der Waals surface area contributed by atoms with E-state index in [9.17, 15) is 0 Å². The van der Waals surface area contributed by atoms with Crippen molar-refractivity contribution in [3.8, 4) is 5.69 Å². The van der Waals surface area contributed by atoms with E-state index in [4.69, 9.17) is 4.42 Å². The van der Waals surface area contributed by atoms with Crippen molar-refractivity contribution in [2.45, 2.75) is 131 Å². The lowest BCUT2D eigenvalue weighted by Gasteiger charge is -2.46. The van der Waals surface area contributed by atoms with Crippen molar-refractivity contribution in [1.29, 1.82) is 0 Å². The minimum atomic E-state index is -0.233. The summed E-state index contributed by atoms with van der Waals surface area (Å²) >= 11 is 0. The number of hydrogen-bond donors (Lipinski definition) is 0. The second-order valence-electron chi connectivity index (χ2n) is 29.6. The first-order valence-corrected chi connectivity index (χ1v) is 30.9. The Balaban J connectivity index is 1.21. The maximum atomic E-state index is 7.33. The number of para-hydroxylation sites is 3. The summed E-state index contributed by atoms with van der Waals surface area (Å²) in [6.45, 7) is 34.6. The van der Waals surface area contributed by atoms with Gasteiger partial charge < -0.3 is 23.7 Å². The number of fused-ring (bicyclic) bond motifs is 10. The molecule has 12 aromatic rings. The van der Waals surface area contributed by atoms with Crippen molar-refractivity contribution >= 4 is 118 Å². The van der Waals surface area contributed by atoms with E-state index in [-0.39, 0.29) is 33.8 Å². The SMILES string of the molecule is CC(C)(C)c1ccc(N2c3ccc(C(C)(C)C)cc3B3c4cc5oc6ccccc6c5c(-n5c6ccc(C(C)(C)C)cc6c6cc(C(C)(C)C)ccc65)c4N(c4ccc(C(C)(C)C)cc4)c4cc(N(c5ccccc5)c5ccccc5)cc2c43)cc1. The highest BCUT2D eigenvalue weighted by molar-refractivity contribution is 7.00. The molecule has 0 amide bonds. The second-order valence-corrected chi connectivity index (χ2v) is 29.6. The molecular formula is C80H79BN4O. The van der Waals surface area contributed by atoms with Crippen LogP contribution >= 0.6 is 0 Å². The summed E-state index contributed by atoms with van der Waals surface area (Å²) in [5.41, 5.74) is 24.9. The molecular weight excluding hydrogens is 1040 g/mol. The van der Waals surface area contributed by atoms with Gasteiger partial charge in [0, 0.05) is 56.0 Å². The third-order valence-electron chi connectivity index (χ3n) is 18.5. The normalized spacial score (nSPS) is 13.7. The molecule has 0 radical (unpaired) electrons. The van der Waals surface area contributed by atoms with Gasteiger partial charge in [0.2, 0.25) is 0 Å². The third-order valence-corrected chi connectivity index (χ3v) is 18.5. The van der Waals surface area contributed by atoms with E-state index in [2.05, 4.69) is 329 Å². The number of furan rings is 1. The molecule has 2 aliphatic rings. The molecule has 0 N–H and O–H groups in total. The van der Waals surface area contributed by atoms with Crippen LogP contribution in [0.25, 0.3) is 49.4 Å². The first kappa shape index (κ1) is 55.2. The molecule has 10 aromatic carbocycles. The zero-order valence-corrected chi connectivity index (χ0v) is 52.9. The molecule has 0 spiro atoms. The maximum absolute atomic E-state index is 7.33. The van der Waals surface area contributed by atoms with Crippen LogP contribution in [0.5, 0.6) is 0 Å². The fraction of sp³-hybridized carbons (Fsp3) is 0.250. The standard InChI is InChI=1S/C80H79BN4O/c1-76(2,3)50-30-37-57(38-31-50)83-67-43-36-54(80(13,14)15)46-63(67)81-64-49-71-72(60-28-22-23-29-70(60)86-71)75(85-65-41-34-52(78(7,8)9)44-61(65)62-45-53(79(10,11)12)35-42-66(62)85)74(64)84(58-39-32-51(33-40-58)77(4,5)6)69-48-59(47-68(83)73(69)81)82(55-24-18-16-19-25-55)56-26-20-17-21-27-56/h16-49H,1-15H3. The zero-order valence-electron chi connectivity index (χ0n) is 52.9. The molecule has 0 bridgehead atoms. The molecule has 4 heterocycles. The van der Waals surface area contributed by atoms with Crippen molar-refractivity contribution in [2.24, 2.45) is 0 Å². The number of rotatable bonds is 6. The highest BCUT2D eigenvalue weighted by Crippen LogP contribution is 2.53. The monoisotopic (exact) mass is 1120 g/mol. The van der Waals surface area contributed by atoms with E-state index in [1.54, 1.807) is 0 Å². The van der Waals surface area contributed by atoms with Crippen LogP contribution in [0.15, 0.2) is 211 Å². The molecule has 0 unspecified atom stereocenters. The Kier molecular flexibility index (Phi) is 12.4. The van der Waals surface area contributed by atoms with Crippen LogP contribution in [0, 0.1) is 0 Å². The van der Waals surface area contributed by atoms with Gasteiger partial charge in [-0.2, -0.15) is 0 Å². The summed E-state index contributed by atoms with van der Waals surface area (Å²) in [6, 6.07) is 78.6. The minimum Gasteiger partial charge on any atom is -0.456 e. The summed E-state index contributed by atoms with van der Waals surface area (Å²) in [4.78, 5) is 7.66. The summed E-state index contributed by atoms with van der Waals surface area (Å²) in [5.74, 6) is 0. The Bertz CT molecular complexity index is 4540. The molecule has 0 aliphatic carbocycles. The number of aromatic nitrogens is 1. The molecule has 0 fully saturated rings. The van der Waals surface area contributed by atoms with Gasteiger partial charge in [0.15, 0.2) is 0 Å². The summed E-state index contributed by atoms with van der Waals surface area (Å²) in [7, 11) is 0. The zero-order chi connectivity index (χ0) is 60.1. The molecule has 86 heavy (non-hydrogen) atoms. The lowest BCUT2D eigenvalue weighted by molar-refractivity contribution is 0.590. The van der Waals surface area contributed by atoms with Crippen molar-refractivity contribution in [3.63, 3.8) is 0 Å². The molecule has 0 atom stereocenters. The van der Waals surface area contributed by atoms with Crippen molar-refractivity contribution in [3.05, 3.63) is 234 Å². The molecule has 2 aliphatic heterocycles. The van der Waals surface area contributed by atoms with Crippen LogP contribution in [-0.2, 0) is 27.1 Å². The molecule has 0 saturated carbocycles. The molecule has 428 valence electrons. The van der Waals surface area contributed by atoms with Gasteiger partial charge in [-0.05, 0) is 174 Å². The third kappa shape index (κ3) is 8.96. The van der Waals surface area contributed by atoms with E-state index < -0.39 is 0 Å². The van der Waals surface area contributed by atoms with Crippen LogP contribution in [0.1, 0.15) is 132 Å². The first-order chi connectivity index (χ1) is 40.8. The van der Waals surface area contributed by atoms with Crippen molar-refractivity contribution in [2.75, 3.05) is 14.7 Å². The largest absolute Gasteiger partial charge is 0.456 e. The van der Waals surface area contributed by atoms with Crippen LogP contribution in [0.3, 0.4) is 0 Å². The van der Waals surface area contributed by atoms with E-state index in [1.807, 2.05) is 0 Å². The van der Waals surface area contributed by atoms with Gasteiger partial charge >= 0.3 is 0 Å². The second kappa shape index (κ2) is 19.4. The fourth-order valence-corrected chi connectivity index (χ4v) is 13.7. The minimum absolute atomic E-state index is 0.0252. The van der Waals surface area contributed by atoms with Gasteiger partial charge in [0.05, 0.1) is 33.5 Å². The van der Waals surface area contributed by atoms with Crippen LogP contribution < -0.4 is 31.1 Å². The Morgan fingerprint density at radius 3 is 1.29 bits per heavy atom. The van der Waals surface area contributed by atoms with E-state index in [0.717, 1.165) is 89.8 Å². The van der Waals surface area contributed by atoms with Gasteiger partial charge in [-0.3, -0.25) is 0 Å². The van der Waals surface area contributed by atoms with Gasteiger partial charge in [-0.15, -0.1) is 0 Å². The van der Waals surface area contributed by atoms with E-state index in [0.29, 0.717) is 0 Å². The van der Waals surface area contributed by atoms with Gasteiger partial charge in [0.1, 0.15) is 11.2 Å². The highest BCUT2D eigenvalue weighted by Gasteiger charge is 2.47. The van der Waals surface area contributed by atoms with Gasteiger partial charge in [-0.1, -0.05) is 207 Å². The summed E-state index contributed by atoms with van der Waals surface area (Å²) < 4.78 is 9.95. The Morgan fingerprint density at radius 2 is 0.779 bits per heavy atom. The van der Waals surface area contributed by atoms with Crippen LogP contribution in [0.4, 0.5) is 51.2 Å². The lowest BCUT2D eigenvalue weighted by Crippen LogP contribution is -2.61. The predicted octanol–water partition coefficient (Wildman–Crippen LogP) is 20.7.